The van der Waals surface area contributed by atoms with Crippen molar-refractivity contribution in [3.05, 3.63) is 29.3 Å². The van der Waals surface area contributed by atoms with Crippen LogP contribution in [-0.4, -0.2) is 11.0 Å². The molecule has 72 valence electrons. The average Bonchev–Trinajstić information content (AvgIpc) is 2.09. The molecule has 0 saturated heterocycles. The minimum absolute atomic E-state index is 0.192. The topological polar surface area (TPSA) is 63.3 Å². The Balaban J connectivity index is 3.18. The smallest absolute Gasteiger partial charge is 0.293 e. The van der Waals surface area contributed by atoms with Crippen molar-refractivity contribution in [1.29, 1.82) is 0 Å². The van der Waals surface area contributed by atoms with Gasteiger partial charge >= 0.3 is 0 Å². The Morgan fingerprint density at radius 2 is 1.93 bits per heavy atom. The van der Waals surface area contributed by atoms with Gasteiger partial charge in [-0.25, -0.2) is 8.78 Å². The number of primary amides is 1. The molecule has 0 radical (unpaired) electrons. The molecule has 14 heavy (non-hydrogen) atoms. The second-order valence-corrected chi connectivity index (χ2v) is 2.40. The first-order valence-electron chi connectivity index (χ1n) is 3.50. The van der Waals surface area contributed by atoms with Crippen LogP contribution < -0.4 is 5.73 Å². The van der Waals surface area contributed by atoms with Gasteiger partial charge in [0.25, 0.3) is 5.91 Å². The van der Waals surface area contributed by atoms with Crippen molar-refractivity contribution >= 4 is 5.91 Å². The van der Waals surface area contributed by atoms with Crippen LogP contribution in [0.1, 0.15) is 5.56 Å². The molecule has 1 amide bonds. The number of hydrogen-bond acceptors (Lipinski definition) is 2. The van der Waals surface area contributed by atoms with Crippen molar-refractivity contribution in [1.82, 2.24) is 0 Å². The van der Waals surface area contributed by atoms with Crippen molar-refractivity contribution in [3.63, 3.8) is 0 Å². The third-order valence-corrected chi connectivity index (χ3v) is 1.36. The monoisotopic (exact) mass is 197 g/mol. The van der Waals surface area contributed by atoms with Gasteiger partial charge in [0.1, 0.15) is 5.75 Å². The lowest BCUT2D eigenvalue weighted by Crippen LogP contribution is -2.06. The summed E-state index contributed by atoms with van der Waals surface area (Å²) in [6.45, 7) is 0. The number of rotatable bonds is 0. The van der Waals surface area contributed by atoms with E-state index in [1.807, 2.05) is 5.92 Å². The fourth-order valence-electron chi connectivity index (χ4n) is 0.765. The number of carbonyl (C=O) groups excluding carboxylic acids is 1. The molecule has 0 fully saturated rings. The maximum atomic E-state index is 12.6. The molecule has 0 aromatic heterocycles. The zero-order valence-corrected chi connectivity index (χ0v) is 6.84. The molecule has 3 N–H and O–H groups in total. The van der Waals surface area contributed by atoms with Gasteiger partial charge in [-0.15, -0.1) is 0 Å². The summed E-state index contributed by atoms with van der Waals surface area (Å²) in [5.74, 6) is 0.179. The van der Waals surface area contributed by atoms with Crippen LogP contribution in [0.25, 0.3) is 0 Å². The Kier molecular flexibility index (Phi) is 2.67. The lowest BCUT2D eigenvalue weighted by atomic mass is 10.2. The third kappa shape index (κ3) is 2.20. The molecule has 3 nitrogen and oxygen atoms in total. The molecule has 0 heterocycles. The first-order valence-corrected chi connectivity index (χ1v) is 3.50. The quantitative estimate of drug-likeness (QED) is 0.595. The van der Waals surface area contributed by atoms with Crippen LogP contribution in [-0.2, 0) is 4.79 Å². The predicted octanol–water partition coefficient (Wildman–Crippen LogP) is 0.507. The number of phenolic OH excluding ortho intramolecular Hbond substituents is 1. The second-order valence-electron chi connectivity index (χ2n) is 2.40. The highest BCUT2D eigenvalue weighted by Crippen LogP contribution is 2.19. The van der Waals surface area contributed by atoms with E-state index in [1.54, 1.807) is 0 Å². The number of phenols is 1. The van der Waals surface area contributed by atoms with Crippen LogP contribution in [0.2, 0.25) is 0 Å². The standard InChI is InChI=1S/C9H5F2NO2/c10-6-3-5(1-2-9(12)14)8(13)4-7(6)11/h3-4,13H,(H2,12,14). The Hall–Kier alpha value is -2.09. The van der Waals surface area contributed by atoms with Crippen molar-refractivity contribution in [3.8, 4) is 17.6 Å². The van der Waals surface area contributed by atoms with Gasteiger partial charge in [-0.3, -0.25) is 4.79 Å². The summed E-state index contributed by atoms with van der Waals surface area (Å²) in [5, 5.41) is 9.07. The largest absolute Gasteiger partial charge is 0.507 e. The molecule has 0 aliphatic rings. The van der Waals surface area contributed by atoms with E-state index in [0.717, 1.165) is 0 Å². The van der Waals surface area contributed by atoms with Crippen LogP contribution in [0.5, 0.6) is 5.75 Å². The molecule has 1 aromatic carbocycles. The van der Waals surface area contributed by atoms with Gasteiger partial charge in [0.2, 0.25) is 0 Å². The van der Waals surface area contributed by atoms with Crippen LogP contribution in [0.4, 0.5) is 8.78 Å². The summed E-state index contributed by atoms with van der Waals surface area (Å²) in [5.41, 5.74) is 4.50. The zero-order valence-electron chi connectivity index (χ0n) is 6.84. The van der Waals surface area contributed by atoms with Gasteiger partial charge in [0.15, 0.2) is 11.6 Å². The number of aromatic hydroxyl groups is 1. The lowest BCUT2D eigenvalue weighted by Gasteiger charge is -1.97. The highest BCUT2D eigenvalue weighted by atomic mass is 19.2. The molecule has 1 aromatic rings. The van der Waals surface area contributed by atoms with Gasteiger partial charge in [0.05, 0.1) is 5.56 Å². The summed E-state index contributed by atoms with van der Waals surface area (Å²) in [6.07, 6.45) is 0. The molecule has 1 rings (SSSR count). The number of halogens is 2. The van der Waals surface area contributed by atoms with Crippen molar-refractivity contribution in [2.24, 2.45) is 5.73 Å². The zero-order chi connectivity index (χ0) is 10.7. The summed E-state index contributed by atoms with van der Waals surface area (Å²) in [7, 11) is 0. The predicted molar refractivity (Wildman–Crippen MR) is 44.1 cm³/mol. The highest BCUT2D eigenvalue weighted by molar-refractivity contribution is 5.92. The Morgan fingerprint density at radius 3 is 2.50 bits per heavy atom. The maximum Gasteiger partial charge on any atom is 0.293 e. The molecule has 0 spiro atoms. The Morgan fingerprint density at radius 1 is 1.36 bits per heavy atom. The molecule has 0 bridgehead atoms. The van der Waals surface area contributed by atoms with Gasteiger partial charge in [0, 0.05) is 12.0 Å². The van der Waals surface area contributed by atoms with Gasteiger partial charge in [-0.05, 0) is 6.07 Å². The summed E-state index contributed by atoms with van der Waals surface area (Å²) in [4.78, 5) is 10.2. The SMILES string of the molecule is NC(=O)C#Cc1cc(F)c(F)cc1O. The summed E-state index contributed by atoms with van der Waals surface area (Å²) in [6, 6.07) is 1.25. The first-order chi connectivity index (χ1) is 6.50. The molecule has 0 saturated carbocycles. The Labute approximate surface area is 78.2 Å². The molecule has 0 atom stereocenters. The minimum atomic E-state index is -1.19. The van der Waals surface area contributed by atoms with E-state index in [1.165, 1.54) is 0 Å². The van der Waals surface area contributed by atoms with E-state index in [0.29, 0.717) is 12.1 Å². The number of hydrogen-bond donors (Lipinski definition) is 2. The second kappa shape index (κ2) is 3.75. The van der Waals surface area contributed by atoms with Crippen molar-refractivity contribution < 1.29 is 18.7 Å². The van der Waals surface area contributed by atoms with E-state index in [4.69, 9.17) is 10.8 Å². The van der Waals surface area contributed by atoms with E-state index < -0.39 is 23.3 Å². The fraction of sp³-hybridized carbons (Fsp3) is 0. The number of nitrogens with two attached hydrogens (primary N) is 1. The van der Waals surface area contributed by atoms with E-state index >= 15 is 0 Å². The van der Waals surface area contributed by atoms with Crippen LogP contribution in [0.3, 0.4) is 0 Å². The lowest BCUT2D eigenvalue weighted by molar-refractivity contribution is -0.112. The fourth-order valence-corrected chi connectivity index (χ4v) is 0.765. The van der Waals surface area contributed by atoms with Gasteiger partial charge in [-0.2, -0.15) is 0 Å². The third-order valence-electron chi connectivity index (χ3n) is 1.36. The van der Waals surface area contributed by atoms with E-state index in [-0.39, 0.29) is 5.56 Å². The molecule has 5 heteroatoms. The van der Waals surface area contributed by atoms with Crippen LogP contribution >= 0.6 is 0 Å². The normalized spacial score (nSPS) is 9.00. The van der Waals surface area contributed by atoms with Crippen LogP contribution in [0, 0.1) is 23.5 Å². The first kappa shape index (κ1) is 9.99. The summed E-state index contributed by atoms with van der Waals surface area (Å²) >= 11 is 0. The van der Waals surface area contributed by atoms with Crippen molar-refractivity contribution in [2.75, 3.05) is 0 Å². The molecule has 0 unspecified atom stereocenters. The van der Waals surface area contributed by atoms with E-state index in [2.05, 4.69) is 5.92 Å². The Bertz CT molecular complexity index is 446. The van der Waals surface area contributed by atoms with Gasteiger partial charge < -0.3 is 10.8 Å². The number of amides is 1. The molecular formula is C9H5F2NO2. The summed E-state index contributed by atoms with van der Waals surface area (Å²) < 4.78 is 25.1. The maximum absolute atomic E-state index is 12.6. The molecule has 0 aliphatic carbocycles. The van der Waals surface area contributed by atoms with Crippen molar-refractivity contribution in [2.45, 2.75) is 0 Å². The molecular weight excluding hydrogens is 192 g/mol. The van der Waals surface area contributed by atoms with Gasteiger partial charge in [-0.1, -0.05) is 5.92 Å². The number of carbonyl (C=O) groups is 1. The number of benzene rings is 1. The highest BCUT2D eigenvalue weighted by Gasteiger charge is 2.06. The molecule has 0 aliphatic heterocycles. The minimum Gasteiger partial charge on any atom is -0.507 e. The van der Waals surface area contributed by atoms with Crippen LogP contribution in [0.15, 0.2) is 12.1 Å². The van der Waals surface area contributed by atoms with E-state index in [9.17, 15) is 13.6 Å². The average molecular weight is 197 g/mol.